The first-order valence-corrected chi connectivity index (χ1v) is 23.5. The molecule has 336 valence electrons. The molecule has 0 bridgehead atoms. The SMILES string of the molecule is CC/C=C\C/C=C\C/C=C\C/C=C\C/C=C\CCC(=O)OC(COC(=O)CCC/C=C\C/C=C\C/C=C\C/C=C\CCCCC)COC(=O)CCC/C=C\CCCCCC. The van der Waals surface area contributed by atoms with Gasteiger partial charge in [0.1, 0.15) is 13.2 Å². The van der Waals surface area contributed by atoms with E-state index < -0.39 is 12.1 Å². The summed E-state index contributed by atoms with van der Waals surface area (Å²) < 4.78 is 16.5. The maximum Gasteiger partial charge on any atom is 0.306 e. The molecule has 1 atom stereocenters. The van der Waals surface area contributed by atoms with Crippen LogP contribution in [-0.2, 0) is 28.6 Å². The number of allylic oxidation sites excluding steroid dienone is 20. The lowest BCUT2D eigenvalue weighted by Crippen LogP contribution is -2.30. The molecule has 0 aromatic rings. The molecule has 6 heteroatoms. The molecule has 60 heavy (non-hydrogen) atoms. The van der Waals surface area contributed by atoms with Crippen molar-refractivity contribution in [3.63, 3.8) is 0 Å². The Bertz CT molecular complexity index is 1320. The molecular formula is C54H84O6. The van der Waals surface area contributed by atoms with Crippen molar-refractivity contribution in [1.82, 2.24) is 0 Å². The summed E-state index contributed by atoms with van der Waals surface area (Å²) in [5.74, 6) is -1.13. The van der Waals surface area contributed by atoms with Crippen molar-refractivity contribution in [1.29, 1.82) is 0 Å². The van der Waals surface area contributed by atoms with Crippen LogP contribution in [0.4, 0.5) is 0 Å². The molecule has 0 spiro atoms. The number of hydrogen-bond donors (Lipinski definition) is 0. The van der Waals surface area contributed by atoms with E-state index in [1.807, 2.05) is 12.2 Å². The van der Waals surface area contributed by atoms with Gasteiger partial charge in [-0.3, -0.25) is 14.4 Å². The van der Waals surface area contributed by atoms with Crippen LogP contribution in [0, 0.1) is 0 Å². The Morgan fingerprint density at radius 1 is 0.350 bits per heavy atom. The molecule has 0 aromatic carbocycles. The van der Waals surface area contributed by atoms with Crippen LogP contribution >= 0.6 is 0 Å². The number of carbonyl (C=O) groups is 3. The van der Waals surface area contributed by atoms with Crippen molar-refractivity contribution in [3.8, 4) is 0 Å². The first-order valence-electron chi connectivity index (χ1n) is 23.5. The average Bonchev–Trinajstić information content (AvgIpc) is 3.24. The van der Waals surface area contributed by atoms with Crippen LogP contribution in [-0.4, -0.2) is 37.2 Å². The molecule has 6 nitrogen and oxygen atoms in total. The van der Waals surface area contributed by atoms with Crippen molar-refractivity contribution in [2.75, 3.05) is 13.2 Å². The molecule has 0 N–H and O–H groups in total. The third-order valence-corrected chi connectivity index (χ3v) is 9.18. The monoisotopic (exact) mass is 829 g/mol. The molecule has 0 aromatic heterocycles. The van der Waals surface area contributed by atoms with Gasteiger partial charge in [-0.2, -0.15) is 0 Å². The molecule has 0 heterocycles. The predicted molar refractivity (Wildman–Crippen MR) is 256 cm³/mol. The summed E-state index contributed by atoms with van der Waals surface area (Å²) in [5, 5.41) is 0. The van der Waals surface area contributed by atoms with Crippen LogP contribution in [0.2, 0.25) is 0 Å². The van der Waals surface area contributed by atoms with Crippen LogP contribution in [0.3, 0.4) is 0 Å². The number of rotatable bonds is 40. The third-order valence-electron chi connectivity index (χ3n) is 9.18. The highest BCUT2D eigenvalue weighted by atomic mass is 16.6. The van der Waals surface area contributed by atoms with Crippen molar-refractivity contribution >= 4 is 17.9 Å². The molecular weight excluding hydrogens is 745 g/mol. The fraction of sp³-hybridized carbons (Fsp3) is 0.574. The van der Waals surface area contributed by atoms with Crippen LogP contribution in [0.15, 0.2) is 122 Å². The zero-order valence-corrected chi connectivity index (χ0v) is 38.2. The van der Waals surface area contributed by atoms with Gasteiger partial charge in [-0.1, -0.05) is 174 Å². The zero-order chi connectivity index (χ0) is 43.7. The number of unbranched alkanes of at least 4 members (excludes halogenated alkanes) is 9. The Morgan fingerprint density at radius 2 is 0.683 bits per heavy atom. The topological polar surface area (TPSA) is 78.9 Å². The summed E-state index contributed by atoms with van der Waals surface area (Å²) in [6.07, 6.45) is 64.9. The van der Waals surface area contributed by atoms with Gasteiger partial charge in [-0.15, -0.1) is 0 Å². The molecule has 0 aliphatic heterocycles. The maximum absolute atomic E-state index is 12.7. The lowest BCUT2D eigenvalue weighted by atomic mass is 10.1. The van der Waals surface area contributed by atoms with Crippen LogP contribution < -0.4 is 0 Å². The Morgan fingerprint density at radius 3 is 1.10 bits per heavy atom. The Labute approximate surface area is 367 Å². The molecule has 0 aliphatic rings. The molecule has 1 unspecified atom stereocenters. The number of carbonyl (C=O) groups excluding carboxylic acids is 3. The van der Waals surface area contributed by atoms with Crippen LogP contribution in [0.5, 0.6) is 0 Å². The van der Waals surface area contributed by atoms with Crippen molar-refractivity contribution < 1.29 is 28.6 Å². The lowest BCUT2D eigenvalue weighted by molar-refractivity contribution is -0.166. The minimum Gasteiger partial charge on any atom is -0.462 e. The summed E-state index contributed by atoms with van der Waals surface area (Å²) in [4.78, 5) is 37.7. The lowest BCUT2D eigenvalue weighted by Gasteiger charge is -2.18. The molecule has 0 fully saturated rings. The summed E-state index contributed by atoms with van der Waals surface area (Å²) in [6, 6.07) is 0. The second-order valence-electron chi connectivity index (χ2n) is 14.9. The normalized spacial score (nSPS) is 13.2. The fourth-order valence-corrected chi connectivity index (χ4v) is 5.66. The highest BCUT2D eigenvalue weighted by Gasteiger charge is 2.19. The highest BCUT2D eigenvalue weighted by molar-refractivity contribution is 5.71. The number of ether oxygens (including phenoxy) is 3. The van der Waals surface area contributed by atoms with E-state index in [0.717, 1.165) is 70.6 Å². The summed E-state index contributed by atoms with van der Waals surface area (Å²) >= 11 is 0. The summed E-state index contributed by atoms with van der Waals surface area (Å²) in [5.41, 5.74) is 0. The predicted octanol–water partition coefficient (Wildman–Crippen LogP) is 15.4. The minimum absolute atomic E-state index is 0.144. The average molecular weight is 829 g/mol. The fourth-order valence-electron chi connectivity index (χ4n) is 5.66. The van der Waals surface area contributed by atoms with Gasteiger partial charge in [0.05, 0.1) is 0 Å². The standard InChI is InChI=1S/C54H84O6/c1-4-7-10-13-16-19-21-23-25-27-29-30-32-35-38-41-44-47-53(56)59-50-51(49-58-52(55)46-43-40-37-34-18-15-12-9-6-3)60-54(57)48-45-42-39-36-33-31-28-26-24-22-20-17-14-11-8-5-2/h8,11,16-17,19-20,23-26,29-31,33-35,37-39,42,51H,4-7,9-10,12-15,18,21-22,27-28,32,36,40-41,43-50H2,1-3H3/b11-8-,19-16-,20-17-,25-23-,26-24-,30-29-,33-31-,37-34-,38-35-,42-39-. The van der Waals surface area contributed by atoms with Crippen molar-refractivity contribution in [2.45, 2.75) is 187 Å². The van der Waals surface area contributed by atoms with Gasteiger partial charge >= 0.3 is 17.9 Å². The molecule has 0 saturated carbocycles. The van der Waals surface area contributed by atoms with Crippen LogP contribution in [0.1, 0.15) is 181 Å². The smallest absolute Gasteiger partial charge is 0.306 e. The molecule has 0 rings (SSSR count). The quantitative estimate of drug-likeness (QED) is 0.0265. The van der Waals surface area contributed by atoms with E-state index in [1.165, 1.54) is 51.4 Å². The Kier molecular flexibility index (Phi) is 44.2. The van der Waals surface area contributed by atoms with E-state index in [9.17, 15) is 14.4 Å². The molecule has 0 radical (unpaired) electrons. The number of hydrogen-bond acceptors (Lipinski definition) is 6. The largest absolute Gasteiger partial charge is 0.462 e. The second kappa shape index (κ2) is 47.5. The van der Waals surface area contributed by atoms with E-state index in [4.69, 9.17) is 14.2 Å². The van der Waals surface area contributed by atoms with Crippen molar-refractivity contribution in [2.24, 2.45) is 0 Å². The third kappa shape index (κ3) is 44.9. The Hall–Kier alpha value is -4.19. The second-order valence-corrected chi connectivity index (χ2v) is 14.9. The van der Waals surface area contributed by atoms with Gasteiger partial charge in [0.25, 0.3) is 0 Å². The number of esters is 3. The molecule has 0 aliphatic carbocycles. The van der Waals surface area contributed by atoms with E-state index in [-0.39, 0.29) is 44.4 Å². The van der Waals surface area contributed by atoms with E-state index in [0.29, 0.717) is 19.3 Å². The van der Waals surface area contributed by atoms with E-state index >= 15 is 0 Å². The van der Waals surface area contributed by atoms with E-state index in [2.05, 4.69) is 130 Å². The van der Waals surface area contributed by atoms with Gasteiger partial charge in [0.15, 0.2) is 6.10 Å². The first-order chi connectivity index (χ1) is 29.5. The van der Waals surface area contributed by atoms with Crippen LogP contribution in [0.25, 0.3) is 0 Å². The van der Waals surface area contributed by atoms with Gasteiger partial charge < -0.3 is 14.2 Å². The zero-order valence-electron chi connectivity index (χ0n) is 38.2. The van der Waals surface area contributed by atoms with Gasteiger partial charge in [0.2, 0.25) is 0 Å². The first kappa shape index (κ1) is 55.8. The molecule has 0 amide bonds. The summed E-state index contributed by atoms with van der Waals surface area (Å²) in [6.45, 7) is 6.29. The van der Waals surface area contributed by atoms with Gasteiger partial charge in [0, 0.05) is 19.3 Å². The van der Waals surface area contributed by atoms with Crippen molar-refractivity contribution in [3.05, 3.63) is 122 Å². The van der Waals surface area contributed by atoms with Gasteiger partial charge in [-0.25, -0.2) is 0 Å². The maximum atomic E-state index is 12.7. The summed E-state index contributed by atoms with van der Waals surface area (Å²) in [7, 11) is 0. The van der Waals surface area contributed by atoms with E-state index in [1.54, 1.807) is 0 Å². The molecule has 0 saturated heterocycles. The minimum atomic E-state index is -0.852. The van der Waals surface area contributed by atoms with Gasteiger partial charge in [-0.05, 0) is 109 Å². The Balaban J connectivity index is 4.61. The highest BCUT2D eigenvalue weighted by Crippen LogP contribution is 2.09.